The minimum absolute atomic E-state index is 0.918. The number of aromatic nitrogens is 4. The first-order valence-electron chi connectivity index (χ1n) is 15.1. The molecule has 0 saturated carbocycles. The molecule has 0 radical (unpaired) electrons. The van der Waals surface area contributed by atoms with Crippen molar-refractivity contribution >= 4 is 75.3 Å². The maximum Gasteiger partial charge on any atom is 0.159 e. The van der Waals surface area contributed by atoms with Gasteiger partial charge in [0.2, 0.25) is 0 Å². The Labute approximate surface area is 262 Å². The van der Waals surface area contributed by atoms with E-state index in [0.717, 1.165) is 38.1 Å². The molecule has 0 spiro atoms. The molecule has 0 aliphatic rings. The van der Waals surface area contributed by atoms with Gasteiger partial charge in [0.25, 0.3) is 0 Å². The predicted molar refractivity (Wildman–Crippen MR) is 189 cm³/mol. The fraction of sp³-hybridized carbons (Fsp3) is 0. The van der Waals surface area contributed by atoms with Crippen LogP contribution in [0.3, 0.4) is 0 Å². The van der Waals surface area contributed by atoms with Crippen LogP contribution in [0.5, 0.6) is 0 Å². The van der Waals surface area contributed by atoms with Crippen LogP contribution in [0, 0.1) is 0 Å². The molecule has 0 aliphatic heterocycles. The Morgan fingerprint density at radius 2 is 0.978 bits per heavy atom. The van der Waals surface area contributed by atoms with Crippen LogP contribution in [0.1, 0.15) is 0 Å². The van der Waals surface area contributed by atoms with E-state index in [1.807, 2.05) is 0 Å². The summed E-state index contributed by atoms with van der Waals surface area (Å²) >= 11 is 1.79. The Balaban J connectivity index is 1.29. The van der Waals surface area contributed by atoms with Gasteiger partial charge in [0, 0.05) is 32.6 Å². The SMILES string of the molecule is c1ccc(-c2ccc(-n3c4ccccc4c4ccc5c6ncnc(-n7c8ccccc8c8ccccc87)c6sc5c43)cc2)cc1. The standard InChI is InChI=1S/C40H24N4S/c1-2-10-25(11-3-1)26-18-20-27(21-19-26)43-33-15-7-6-14-30(33)31-22-23-32-36-39(45-38(32)37(31)43)40(42-24-41-36)44-34-16-8-4-12-28(34)29-13-5-9-17-35(29)44/h1-24H. The second-order valence-corrected chi connectivity index (χ2v) is 12.5. The lowest BCUT2D eigenvalue weighted by Crippen LogP contribution is -1.98. The third kappa shape index (κ3) is 3.47. The van der Waals surface area contributed by atoms with Crippen molar-refractivity contribution in [2.24, 2.45) is 0 Å². The molecule has 0 fully saturated rings. The number of para-hydroxylation sites is 3. The molecule has 4 heterocycles. The Kier molecular flexibility index (Phi) is 5.12. The lowest BCUT2D eigenvalue weighted by molar-refractivity contribution is 1.08. The highest BCUT2D eigenvalue weighted by molar-refractivity contribution is 7.27. The summed E-state index contributed by atoms with van der Waals surface area (Å²) in [6.07, 6.45) is 1.72. The lowest BCUT2D eigenvalue weighted by atomic mass is 10.1. The summed E-state index contributed by atoms with van der Waals surface area (Å²) < 4.78 is 7.03. The molecule has 0 saturated heterocycles. The van der Waals surface area contributed by atoms with Gasteiger partial charge in [-0.3, -0.25) is 4.57 Å². The largest absolute Gasteiger partial charge is 0.308 e. The van der Waals surface area contributed by atoms with E-state index >= 15 is 0 Å². The maximum atomic E-state index is 4.94. The average Bonchev–Trinajstić information content (AvgIpc) is 3.77. The van der Waals surface area contributed by atoms with Crippen LogP contribution >= 0.6 is 11.3 Å². The van der Waals surface area contributed by atoms with E-state index in [4.69, 9.17) is 9.97 Å². The average molecular weight is 593 g/mol. The van der Waals surface area contributed by atoms with Crippen LogP contribution in [-0.4, -0.2) is 19.1 Å². The zero-order chi connectivity index (χ0) is 29.5. The molecule has 10 aromatic rings. The molecule has 4 aromatic heterocycles. The van der Waals surface area contributed by atoms with Gasteiger partial charge in [0.15, 0.2) is 5.82 Å². The van der Waals surface area contributed by atoms with Gasteiger partial charge >= 0.3 is 0 Å². The molecule has 5 heteroatoms. The summed E-state index contributed by atoms with van der Waals surface area (Å²) in [6, 6.07) is 49.9. The zero-order valence-electron chi connectivity index (χ0n) is 24.1. The van der Waals surface area contributed by atoms with Crippen molar-refractivity contribution < 1.29 is 0 Å². The summed E-state index contributed by atoms with van der Waals surface area (Å²) in [5.74, 6) is 0.918. The number of hydrogen-bond donors (Lipinski definition) is 0. The quantitative estimate of drug-likeness (QED) is 0.205. The Morgan fingerprint density at radius 3 is 1.67 bits per heavy atom. The van der Waals surface area contributed by atoms with Gasteiger partial charge < -0.3 is 4.57 Å². The molecule has 45 heavy (non-hydrogen) atoms. The van der Waals surface area contributed by atoms with Gasteiger partial charge in [-0.1, -0.05) is 109 Å². The summed E-state index contributed by atoms with van der Waals surface area (Å²) in [6.45, 7) is 0. The molecule has 0 bridgehead atoms. The van der Waals surface area contributed by atoms with E-state index in [1.54, 1.807) is 17.7 Å². The fourth-order valence-corrected chi connectivity index (χ4v) is 8.35. The van der Waals surface area contributed by atoms with Crippen molar-refractivity contribution in [3.8, 4) is 22.6 Å². The van der Waals surface area contributed by atoms with Gasteiger partial charge in [0.05, 0.1) is 37.0 Å². The van der Waals surface area contributed by atoms with Gasteiger partial charge in [-0.05, 0) is 41.5 Å². The zero-order valence-corrected chi connectivity index (χ0v) is 24.9. The number of hydrogen-bond acceptors (Lipinski definition) is 3. The normalized spacial score (nSPS) is 12.0. The van der Waals surface area contributed by atoms with Crippen molar-refractivity contribution in [2.45, 2.75) is 0 Å². The van der Waals surface area contributed by atoms with Gasteiger partial charge in [0.1, 0.15) is 6.33 Å². The van der Waals surface area contributed by atoms with E-state index in [-0.39, 0.29) is 0 Å². The minimum atomic E-state index is 0.918. The molecule has 0 atom stereocenters. The van der Waals surface area contributed by atoms with Gasteiger partial charge in [-0.2, -0.15) is 0 Å². The van der Waals surface area contributed by atoms with Crippen LogP contribution in [0.15, 0.2) is 146 Å². The van der Waals surface area contributed by atoms with Crippen molar-refractivity contribution in [1.29, 1.82) is 0 Å². The highest BCUT2D eigenvalue weighted by atomic mass is 32.1. The summed E-state index contributed by atoms with van der Waals surface area (Å²) in [5.41, 5.74) is 9.24. The molecular formula is C40H24N4S. The highest BCUT2D eigenvalue weighted by Crippen LogP contribution is 2.44. The van der Waals surface area contributed by atoms with Crippen LogP contribution in [0.4, 0.5) is 0 Å². The minimum Gasteiger partial charge on any atom is -0.308 e. The Bertz CT molecular complexity index is 2700. The topological polar surface area (TPSA) is 35.6 Å². The second-order valence-electron chi connectivity index (χ2n) is 11.5. The Hall–Kier alpha value is -5.78. The first-order valence-corrected chi connectivity index (χ1v) is 15.9. The second kappa shape index (κ2) is 9.36. The van der Waals surface area contributed by atoms with Gasteiger partial charge in [-0.25, -0.2) is 9.97 Å². The van der Waals surface area contributed by atoms with Crippen LogP contribution in [-0.2, 0) is 0 Å². The lowest BCUT2D eigenvalue weighted by Gasteiger charge is -2.10. The number of nitrogens with zero attached hydrogens (tertiary/aromatic N) is 4. The summed E-state index contributed by atoms with van der Waals surface area (Å²) in [4.78, 5) is 9.83. The van der Waals surface area contributed by atoms with E-state index in [9.17, 15) is 0 Å². The fourth-order valence-electron chi connectivity index (χ4n) is 7.08. The summed E-state index contributed by atoms with van der Waals surface area (Å²) in [7, 11) is 0. The smallest absolute Gasteiger partial charge is 0.159 e. The molecule has 210 valence electrons. The number of benzene rings is 6. The van der Waals surface area contributed by atoms with Gasteiger partial charge in [-0.15, -0.1) is 11.3 Å². The van der Waals surface area contributed by atoms with Crippen molar-refractivity contribution in [3.63, 3.8) is 0 Å². The molecular weight excluding hydrogens is 569 g/mol. The van der Waals surface area contributed by atoms with Crippen LogP contribution in [0.2, 0.25) is 0 Å². The maximum absolute atomic E-state index is 4.94. The van der Waals surface area contributed by atoms with E-state index in [2.05, 4.69) is 149 Å². The molecule has 4 nitrogen and oxygen atoms in total. The van der Waals surface area contributed by atoms with Crippen molar-refractivity contribution in [2.75, 3.05) is 0 Å². The molecule has 6 aromatic carbocycles. The monoisotopic (exact) mass is 592 g/mol. The van der Waals surface area contributed by atoms with Crippen LogP contribution < -0.4 is 0 Å². The third-order valence-corrected chi connectivity index (χ3v) is 10.3. The molecule has 0 N–H and O–H groups in total. The number of thiophene rings is 1. The van der Waals surface area contributed by atoms with E-state index < -0.39 is 0 Å². The highest BCUT2D eigenvalue weighted by Gasteiger charge is 2.22. The van der Waals surface area contributed by atoms with Crippen molar-refractivity contribution in [1.82, 2.24) is 19.1 Å². The molecule has 0 unspecified atom stereocenters. The van der Waals surface area contributed by atoms with E-state index in [0.29, 0.717) is 0 Å². The Morgan fingerprint density at radius 1 is 0.422 bits per heavy atom. The van der Waals surface area contributed by atoms with E-state index in [1.165, 1.54) is 48.4 Å². The molecule has 0 amide bonds. The summed E-state index contributed by atoms with van der Waals surface area (Å²) in [5, 5.41) is 6.08. The molecule has 0 aliphatic carbocycles. The number of rotatable bonds is 3. The van der Waals surface area contributed by atoms with Crippen LogP contribution in [0.25, 0.3) is 86.5 Å². The van der Waals surface area contributed by atoms with Crippen molar-refractivity contribution in [3.05, 3.63) is 146 Å². The first-order chi connectivity index (χ1) is 22.3. The predicted octanol–water partition coefficient (Wildman–Crippen LogP) is 10.7. The molecule has 10 rings (SSSR count). The number of fused-ring (bicyclic) bond motifs is 10. The first kappa shape index (κ1) is 24.6. The third-order valence-electron chi connectivity index (χ3n) is 9.06.